The number of ketones is 3. The van der Waals surface area contributed by atoms with E-state index < -0.39 is 5.41 Å². The predicted octanol–water partition coefficient (Wildman–Crippen LogP) is 5.17. The van der Waals surface area contributed by atoms with Gasteiger partial charge in [-0.25, -0.2) is 0 Å². The van der Waals surface area contributed by atoms with Gasteiger partial charge in [0, 0.05) is 26.7 Å². The summed E-state index contributed by atoms with van der Waals surface area (Å²) in [4.78, 5) is 39.8. The summed E-state index contributed by atoms with van der Waals surface area (Å²) in [6.07, 6.45) is 0.0875. The second-order valence-corrected chi connectivity index (χ2v) is 8.30. The maximum absolute atomic E-state index is 13.4. The van der Waals surface area contributed by atoms with Crippen molar-refractivity contribution in [2.24, 2.45) is 5.41 Å². The van der Waals surface area contributed by atoms with Crippen molar-refractivity contribution in [2.75, 3.05) is 0 Å². The minimum Gasteiger partial charge on any atom is -0.294 e. The first-order valence-electron chi connectivity index (χ1n) is 9.02. The second-order valence-electron chi connectivity index (χ2n) is 7.06. The van der Waals surface area contributed by atoms with Gasteiger partial charge in [0.25, 0.3) is 0 Å². The van der Waals surface area contributed by atoms with Crippen molar-refractivity contribution >= 4 is 39.9 Å². The smallest absolute Gasteiger partial charge is 0.178 e. The van der Waals surface area contributed by atoms with Crippen LogP contribution >= 0.6 is 22.6 Å². The summed E-state index contributed by atoms with van der Waals surface area (Å²) in [6, 6.07) is 23.4. The molecule has 0 N–H and O–H groups in total. The number of halogens is 1. The first-order valence-corrected chi connectivity index (χ1v) is 10.1. The molecule has 0 saturated carbocycles. The minimum atomic E-state index is -1.39. The fourth-order valence-electron chi connectivity index (χ4n) is 3.83. The molecule has 28 heavy (non-hydrogen) atoms. The van der Waals surface area contributed by atoms with Crippen LogP contribution in [0.15, 0.2) is 78.9 Å². The average molecular weight is 480 g/mol. The highest BCUT2D eigenvalue weighted by molar-refractivity contribution is 14.1. The summed E-state index contributed by atoms with van der Waals surface area (Å²) >= 11 is 2.21. The molecule has 3 aromatic carbocycles. The Labute approximate surface area is 176 Å². The summed E-state index contributed by atoms with van der Waals surface area (Å²) in [5, 5.41) is 0. The van der Waals surface area contributed by atoms with Gasteiger partial charge in [-0.05, 0) is 46.7 Å². The SMILES string of the molecule is O=C(CC1(Cc2ccc(I)cc2)C(=O)c2ccccc2C1=O)c1ccccc1. The molecule has 0 amide bonds. The molecule has 0 saturated heterocycles. The van der Waals surface area contributed by atoms with Crippen LogP contribution in [0.4, 0.5) is 0 Å². The maximum atomic E-state index is 13.4. The molecule has 1 aliphatic rings. The number of fused-ring (bicyclic) bond motifs is 1. The Balaban J connectivity index is 1.78. The van der Waals surface area contributed by atoms with E-state index in [1.165, 1.54) is 0 Å². The van der Waals surface area contributed by atoms with E-state index >= 15 is 0 Å². The Morgan fingerprint density at radius 2 is 1.29 bits per heavy atom. The van der Waals surface area contributed by atoms with E-state index in [-0.39, 0.29) is 30.2 Å². The van der Waals surface area contributed by atoms with Crippen LogP contribution in [0.5, 0.6) is 0 Å². The normalized spacial score (nSPS) is 14.8. The van der Waals surface area contributed by atoms with Crippen LogP contribution in [0.2, 0.25) is 0 Å². The lowest BCUT2D eigenvalue weighted by Gasteiger charge is -2.25. The van der Waals surface area contributed by atoms with E-state index in [2.05, 4.69) is 22.6 Å². The molecule has 3 aromatic rings. The zero-order valence-corrected chi connectivity index (χ0v) is 17.2. The van der Waals surface area contributed by atoms with Crippen molar-refractivity contribution in [2.45, 2.75) is 12.8 Å². The van der Waals surface area contributed by atoms with Crippen LogP contribution in [0.3, 0.4) is 0 Å². The van der Waals surface area contributed by atoms with E-state index in [0.29, 0.717) is 16.7 Å². The minimum absolute atomic E-state index is 0.130. The average Bonchev–Trinajstić information content (AvgIpc) is 2.93. The molecule has 0 aromatic heterocycles. The Kier molecular flexibility index (Phi) is 4.98. The molecule has 1 aliphatic carbocycles. The summed E-state index contributed by atoms with van der Waals surface area (Å²) in [5.74, 6) is -0.701. The van der Waals surface area contributed by atoms with Gasteiger partial charge in [-0.3, -0.25) is 14.4 Å². The number of carbonyl (C=O) groups is 3. The molecule has 0 unspecified atom stereocenters. The van der Waals surface area contributed by atoms with Gasteiger partial charge in [0.15, 0.2) is 17.3 Å². The highest BCUT2D eigenvalue weighted by Crippen LogP contribution is 2.43. The Bertz CT molecular complexity index is 1030. The number of hydrogen-bond acceptors (Lipinski definition) is 3. The molecule has 0 heterocycles. The van der Waals surface area contributed by atoms with Crippen molar-refractivity contribution in [1.82, 2.24) is 0 Å². The summed E-state index contributed by atoms with van der Waals surface area (Å²) in [7, 11) is 0. The fraction of sp³-hybridized carbons (Fsp3) is 0.125. The zero-order chi connectivity index (χ0) is 19.7. The van der Waals surface area contributed by atoms with E-state index in [9.17, 15) is 14.4 Å². The van der Waals surface area contributed by atoms with Gasteiger partial charge in [0.2, 0.25) is 0 Å². The molecule has 0 bridgehead atoms. The molecule has 0 fully saturated rings. The monoisotopic (exact) mass is 480 g/mol. The molecule has 0 spiro atoms. The van der Waals surface area contributed by atoms with Crippen LogP contribution in [-0.2, 0) is 6.42 Å². The molecule has 0 atom stereocenters. The summed E-state index contributed by atoms with van der Waals surface area (Å²) < 4.78 is 1.07. The molecule has 0 radical (unpaired) electrons. The van der Waals surface area contributed by atoms with Crippen molar-refractivity contribution in [3.63, 3.8) is 0 Å². The van der Waals surface area contributed by atoms with Crippen LogP contribution < -0.4 is 0 Å². The van der Waals surface area contributed by atoms with Gasteiger partial charge in [-0.15, -0.1) is 0 Å². The topological polar surface area (TPSA) is 51.2 Å². The quantitative estimate of drug-likeness (QED) is 0.288. The largest absolute Gasteiger partial charge is 0.294 e. The molecule has 4 rings (SSSR count). The third kappa shape index (κ3) is 3.22. The van der Waals surface area contributed by atoms with Gasteiger partial charge >= 0.3 is 0 Å². The lowest BCUT2D eigenvalue weighted by molar-refractivity contribution is 0.0642. The van der Waals surface area contributed by atoms with E-state index in [1.807, 2.05) is 30.3 Å². The van der Waals surface area contributed by atoms with Crippen molar-refractivity contribution in [3.05, 3.63) is 105 Å². The molecule has 4 heteroatoms. The number of benzene rings is 3. The predicted molar refractivity (Wildman–Crippen MR) is 116 cm³/mol. The van der Waals surface area contributed by atoms with E-state index in [0.717, 1.165) is 9.13 Å². The highest BCUT2D eigenvalue weighted by atomic mass is 127. The third-order valence-electron chi connectivity index (χ3n) is 5.26. The Hall–Kier alpha value is -2.60. The lowest BCUT2D eigenvalue weighted by atomic mass is 9.72. The van der Waals surface area contributed by atoms with E-state index in [1.54, 1.807) is 48.5 Å². The van der Waals surface area contributed by atoms with Crippen LogP contribution in [0.25, 0.3) is 0 Å². The van der Waals surface area contributed by atoms with Crippen molar-refractivity contribution in [3.8, 4) is 0 Å². The number of hydrogen-bond donors (Lipinski definition) is 0. The molecule has 3 nitrogen and oxygen atoms in total. The zero-order valence-electron chi connectivity index (χ0n) is 15.0. The number of carbonyl (C=O) groups excluding carboxylic acids is 3. The Morgan fingerprint density at radius 3 is 1.86 bits per heavy atom. The fourth-order valence-corrected chi connectivity index (χ4v) is 4.19. The second kappa shape index (κ2) is 7.43. The molecular weight excluding hydrogens is 463 g/mol. The highest BCUT2D eigenvalue weighted by Gasteiger charge is 2.53. The lowest BCUT2D eigenvalue weighted by Crippen LogP contribution is -2.38. The first-order chi connectivity index (χ1) is 13.5. The molecular formula is C24H17IO3. The Morgan fingerprint density at radius 1 is 0.750 bits per heavy atom. The van der Waals surface area contributed by atoms with Crippen LogP contribution in [-0.4, -0.2) is 17.3 Å². The van der Waals surface area contributed by atoms with Crippen molar-refractivity contribution < 1.29 is 14.4 Å². The summed E-state index contributed by atoms with van der Waals surface area (Å²) in [5.41, 5.74) is 0.832. The standard InChI is InChI=1S/C24H17IO3/c25-18-12-10-16(11-13-18)14-24(15-21(26)17-6-2-1-3-7-17)22(27)19-8-4-5-9-20(19)23(24)28/h1-13H,14-15H2. The number of Topliss-reactive ketones (excluding diaryl/α,β-unsaturated/α-hetero) is 3. The molecule has 138 valence electrons. The molecule has 0 aliphatic heterocycles. The van der Waals surface area contributed by atoms with Gasteiger partial charge in [-0.1, -0.05) is 66.7 Å². The first kappa shape index (κ1) is 18.7. The van der Waals surface area contributed by atoms with Gasteiger partial charge in [-0.2, -0.15) is 0 Å². The van der Waals surface area contributed by atoms with Crippen LogP contribution in [0, 0.1) is 8.99 Å². The van der Waals surface area contributed by atoms with Crippen LogP contribution in [0.1, 0.15) is 43.1 Å². The van der Waals surface area contributed by atoms with Crippen molar-refractivity contribution in [1.29, 1.82) is 0 Å². The van der Waals surface area contributed by atoms with Gasteiger partial charge in [0.05, 0.1) is 0 Å². The maximum Gasteiger partial charge on any atom is 0.178 e. The number of rotatable bonds is 5. The van der Waals surface area contributed by atoms with E-state index in [4.69, 9.17) is 0 Å². The van der Waals surface area contributed by atoms with Gasteiger partial charge < -0.3 is 0 Å². The van der Waals surface area contributed by atoms with Gasteiger partial charge in [0.1, 0.15) is 5.41 Å². The summed E-state index contributed by atoms with van der Waals surface area (Å²) in [6.45, 7) is 0. The third-order valence-corrected chi connectivity index (χ3v) is 5.98.